The summed E-state index contributed by atoms with van der Waals surface area (Å²) in [6, 6.07) is 9.60. The van der Waals surface area contributed by atoms with Crippen molar-refractivity contribution in [2.45, 2.75) is 26.3 Å². The first-order chi connectivity index (χ1) is 8.08. The number of nitrogens with one attached hydrogen (secondary N) is 1. The number of carbonyl (C=O) groups is 2. The monoisotopic (exact) mass is 235 g/mol. The van der Waals surface area contributed by atoms with Gasteiger partial charge in [-0.05, 0) is 11.5 Å². The number of carboxylic acid groups (broad SMARTS) is 1. The summed E-state index contributed by atoms with van der Waals surface area (Å²) in [6.07, 6.45) is 0.276. The fraction of sp³-hybridized carbons (Fsp3) is 0.385. The number of carboxylic acids is 1. The van der Waals surface area contributed by atoms with Crippen LogP contribution in [-0.2, 0) is 16.1 Å². The molecule has 1 atom stereocenters. The average molecular weight is 235 g/mol. The normalized spacial score (nSPS) is 11.8. The molecule has 0 saturated carbocycles. The maximum absolute atomic E-state index is 11.5. The number of aliphatic carboxylic acids is 1. The van der Waals surface area contributed by atoms with Gasteiger partial charge in [0, 0.05) is 19.4 Å². The van der Waals surface area contributed by atoms with Crippen LogP contribution in [0, 0.1) is 5.92 Å². The Morgan fingerprint density at radius 1 is 1.24 bits per heavy atom. The van der Waals surface area contributed by atoms with E-state index < -0.39 is 5.97 Å². The largest absolute Gasteiger partial charge is 0.481 e. The quantitative estimate of drug-likeness (QED) is 0.790. The van der Waals surface area contributed by atoms with Crippen molar-refractivity contribution >= 4 is 11.9 Å². The molecule has 0 saturated heterocycles. The molecule has 0 unspecified atom stereocenters. The number of hydrogen-bond acceptors (Lipinski definition) is 2. The highest BCUT2D eigenvalue weighted by atomic mass is 16.4. The van der Waals surface area contributed by atoms with E-state index in [2.05, 4.69) is 5.32 Å². The minimum atomic E-state index is -0.867. The molecule has 0 heterocycles. The van der Waals surface area contributed by atoms with Crippen molar-refractivity contribution in [2.75, 3.05) is 0 Å². The third-order valence-electron chi connectivity index (χ3n) is 2.39. The molecule has 0 aliphatic rings. The number of hydrogen-bond donors (Lipinski definition) is 2. The van der Waals surface area contributed by atoms with Gasteiger partial charge in [0.1, 0.15) is 0 Å². The van der Waals surface area contributed by atoms with Gasteiger partial charge in [0.25, 0.3) is 0 Å². The van der Waals surface area contributed by atoms with Gasteiger partial charge in [0.2, 0.25) is 5.91 Å². The van der Waals surface area contributed by atoms with Crippen molar-refractivity contribution in [3.05, 3.63) is 35.9 Å². The van der Waals surface area contributed by atoms with Gasteiger partial charge in [-0.2, -0.15) is 0 Å². The molecule has 1 amide bonds. The lowest BCUT2D eigenvalue weighted by atomic mass is 10.0. The zero-order valence-electron chi connectivity index (χ0n) is 9.85. The number of amides is 1. The zero-order chi connectivity index (χ0) is 12.7. The molecule has 0 aliphatic carbocycles. The van der Waals surface area contributed by atoms with E-state index in [0.29, 0.717) is 6.54 Å². The van der Waals surface area contributed by atoms with Crippen molar-refractivity contribution in [3.8, 4) is 0 Å². The fourth-order valence-corrected chi connectivity index (χ4v) is 1.56. The van der Waals surface area contributed by atoms with Crippen LogP contribution in [0.5, 0.6) is 0 Å². The topological polar surface area (TPSA) is 66.4 Å². The third kappa shape index (κ3) is 5.70. The summed E-state index contributed by atoms with van der Waals surface area (Å²) >= 11 is 0. The first kappa shape index (κ1) is 13.2. The van der Waals surface area contributed by atoms with Gasteiger partial charge < -0.3 is 10.4 Å². The summed E-state index contributed by atoms with van der Waals surface area (Å²) in [5, 5.41) is 11.3. The van der Waals surface area contributed by atoms with Crippen LogP contribution in [-0.4, -0.2) is 17.0 Å². The Morgan fingerprint density at radius 3 is 2.47 bits per heavy atom. The summed E-state index contributed by atoms with van der Waals surface area (Å²) in [4.78, 5) is 21.9. The lowest BCUT2D eigenvalue weighted by Crippen LogP contribution is -2.25. The van der Waals surface area contributed by atoms with E-state index >= 15 is 0 Å². The molecule has 0 aliphatic heterocycles. The van der Waals surface area contributed by atoms with E-state index in [1.165, 1.54) is 0 Å². The van der Waals surface area contributed by atoms with Crippen LogP contribution >= 0.6 is 0 Å². The minimum Gasteiger partial charge on any atom is -0.481 e. The Bertz CT molecular complexity index is 376. The standard InChI is InChI=1S/C13H17NO3/c1-10(8-13(16)17)7-12(15)14-9-11-5-3-2-4-6-11/h2-6,10H,7-9H2,1H3,(H,14,15)(H,16,17)/t10-/m0/s1. The Labute approximate surface area is 101 Å². The van der Waals surface area contributed by atoms with Crippen LogP contribution in [0.15, 0.2) is 30.3 Å². The molecule has 0 aromatic heterocycles. The molecular formula is C13H17NO3. The maximum atomic E-state index is 11.5. The fourth-order valence-electron chi connectivity index (χ4n) is 1.56. The summed E-state index contributed by atoms with van der Waals surface area (Å²) in [5.74, 6) is -1.11. The highest BCUT2D eigenvalue weighted by Crippen LogP contribution is 2.07. The van der Waals surface area contributed by atoms with Gasteiger partial charge in [-0.25, -0.2) is 0 Å². The molecule has 1 aromatic rings. The van der Waals surface area contributed by atoms with Gasteiger partial charge >= 0.3 is 5.97 Å². The van der Waals surface area contributed by atoms with Crippen LogP contribution in [0.25, 0.3) is 0 Å². The molecule has 17 heavy (non-hydrogen) atoms. The molecule has 92 valence electrons. The van der Waals surface area contributed by atoms with Crippen molar-refractivity contribution in [1.29, 1.82) is 0 Å². The Morgan fingerprint density at radius 2 is 1.88 bits per heavy atom. The van der Waals surface area contributed by atoms with Crippen molar-refractivity contribution in [3.63, 3.8) is 0 Å². The van der Waals surface area contributed by atoms with E-state index in [9.17, 15) is 9.59 Å². The number of rotatable bonds is 6. The SMILES string of the molecule is C[C@H](CC(=O)O)CC(=O)NCc1ccccc1. The van der Waals surface area contributed by atoms with Gasteiger partial charge in [-0.1, -0.05) is 37.3 Å². The molecular weight excluding hydrogens is 218 g/mol. The summed E-state index contributed by atoms with van der Waals surface area (Å²) in [7, 11) is 0. The second kappa shape index (κ2) is 6.68. The number of benzene rings is 1. The third-order valence-corrected chi connectivity index (χ3v) is 2.39. The molecule has 1 rings (SSSR count). The number of carbonyl (C=O) groups excluding carboxylic acids is 1. The van der Waals surface area contributed by atoms with Crippen LogP contribution in [0.4, 0.5) is 0 Å². The second-order valence-corrected chi connectivity index (χ2v) is 4.17. The predicted octanol–water partition coefficient (Wildman–Crippen LogP) is 1.80. The first-order valence-corrected chi connectivity index (χ1v) is 5.60. The molecule has 0 fully saturated rings. The van der Waals surface area contributed by atoms with E-state index in [0.717, 1.165) is 5.56 Å². The summed E-state index contributed by atoms with van der Waals surface area (Å²) < 4.78 is 0. The van der Waals surface area contributed by atoms with Gasteiger partial charge in [0.15, 0.2) is 0 Å². The van der Waals surface area contributed by atoms with E-state index in [1.54, 1.807) is 6.92 Å². The maximum Gasteiger partial charge on any atom is 0.303 e. The van der Waals surface area contributed by atoms with Crippen molar-refractivity contribution in [1.82, 2.24) is 5.32 Å². The molecule has 4 heteroatoms. The van der Waals surface area contributed by atoms with Crippen LogP contribution in [0.1, 0.15) is 25.3 Å². The van der Waals surface area contributed by atoms with Crippen LogP contribution in [0.2, 0.25) is 0 Å². The van der Waals surface area contributed by atoms with E-state index in [-0.39, 0.29) is 24.7 Å². The first-order valence-electron chi connectivity index (χ1n) is 5.60. The summed E-state index contributed by atoms with van der Waals surface area (Å²) in [5.41, 5.74) is 1.03. The average Bonchev–Trinajstić information content (AvgIpc) is 2.26. The zero-order valence-corrected chi connectivity index (χ0v) is 9.85. The van der Waals surface area contributed by atoms with E-state index in [4.69, 9.17) is 5.11 Å². The molecule has 1 aromatic carbocycles. The Hall–Kier alpha value is -1.84. The lowest BCUT2D eigenvalue weighted by molar-refractivity contribution is -0.138. The summed E-state index contributed by atoms with van der Waals surface area (Å²) in [6.45, 7) is 2.25. The molecule has 0 radical (unpaired) electrons. The predicted molar refractivity (Wildman–Crippen MR) is 64.3 cm³/mol. The van der Waals surface area contributed by atoms with Crippen LogP contribution in [0.3, 0.4) is 0 Å². The Kier molecular flexibility index (Phi) is 5.20. The van der Waals surface area contributed by atoms with Gasteiger partial charge in [-0.3, -0.25) is 9.59 Å². The molecule has 2 N–H and O–H groups in total. The highest BCUT2D eigenvalue weighted by Gasteiger charge is 2.12. The smallest absolute Gasteiger partial charge is 0.303 e. The second-order valence-electron chi connectivity index (χ2n) is 4.17. The van der Waals surface area contributed by atoms with Gasteiger partial charge in [-0.15, -0.1) is 0 Å². The molecule has 0 bridgehead atoms. The van der Waals surface area contributed by atoms with Crippen molar-refractivity contribution < 1.29 is 14.7 Å². The van der Waals surface area contributed by atoms with E-state index in [1.807, 2.05) is 30.3 Å². The van der Waals surface area contributed by atoms with Crippen LogP contribution < -0.4 is 5.32 Å². The van der Waals surface area contributed by atoms with Gasteiger partial charge in [0.05, 0.1) is 0 Å². The molecule has 0 spiro atoms. The highest BCUT2D eigenvalue weighted by molar-refractivity contribution is 5.77. The minimum absolute atomic E-state index is 0.0265. The lowest BCUT2D eigenvalue weighted by Gasteiger charge is -2.09. The van der Waals surface area contributed by atoms with Crippen molar-refractivity contribution in [2.24, 2.45) is 5.92 Å². The molecule has 4 nitrogen and oxygen atoms in total. The Balaban J connectivity index is 2.28.